The number of carboxylic acids is 1. The summed E-state index contributed by atoms with van der Waals surface area (Å²) in [5, 5.41) is 26.2. The largest absolute Gasteiger partial charge is 0.480 e. The van der Waals surface area contributed by atoms with Crippen LogP contribution in [0.25, 0.3) is 11.2 Å². The van der Waals surface area contributed by atoms with Gasteiger partial charge in [0.2, 0.25) is 0 Å². The Hall–Kier alpha value is -4.02. The minimum absolute atomic E-state index is 0.0351. The molecule has 3 heterocycles. The third-order valence-corrected chi connectivity index (χ3v) is 6.41. The summed E-state index contributed by atoms with van der Waals surface area (Å²) < 4.78 is 24.3. The molecule has 0 saturated carbocycles. The fraction of sp³-hybridized carbons (Fsp3) is 0.643. The van der Waals surface area contributed by atoms with Crippen LogP contribution < -0.4 is 16.4 Å². The van der Waals surface area contributed by atoms with Crippen LogP contribution in [-0.4, -0.2) is 96.1 Å². The molecule has 44 heavy (non-hydrogen) atoms. The Bertz CT molecular complexity index is 1320. The zero-order chi connectivity index (χ0) is 32.8. The van der Waals surface area contributed by atoms with Crippen LogP contribution in [0, 0.1) is 0 Å². The number of carbonyl (C=O) groups is 3. The van der Waals surface area contributed by atoms with E-state index < -0.39 is 66.0 Å². The molecule has 2 aromatic heterocycles. The monoisotopic (exact) mass is 621 g/mol. The van der Waals surface area contributed by atoms with Crippen molar-refractivity contribution >= 4 is 35.1 Å². The van der Waals surface area contributed by atoms with Crippen LogP contribution in [0.15, 0.2) is 25.3 Å². The smallest absolute Gasteiger partial charge is 0.408 e. The van der Waals surface area contributed by atoms with Gasteiger partial charge in [-0.05, 0) is 60.8 Å². The molecular weight excluding hydrogens is 578 g/mol. The first kappa shape index (κ1) is 34.5. The molecule has 6 atom stereocenters. The Morgan fingerprint density at radius 1 is 1.09 bits per heavy atom. The lowest BCUT2D eigenvalue weighted by Gasteiger charge is -2.27. The number of aliphatic carboxylic acids is 1. The molecule has 0 radical (unpaired) electrons. The highest BCUT2D eigenvalue weighted by molar-refractivity contribution is 5.81. The standard InChI is InChI=1S/C28H43N7O9/c1-8-11-41-20-19(36)17(42-23(20)35-14-32-18-21(29)30-13-31-22(18)35)12-15(33-25(39)43-27(2,3)4)9-10-16(24(37)38)34-26(40)44-28(5,6)7/h8,13-17,19-20,23,36H,1,9-12H2,2-7H3,(H,33,39)(H,34,40)(H,37,38)(H2,29,30,31)/t15-,16-,17+,19+,20+,23+/m0/s1. The molecule has 3 rings (SSSR count). The van der Waals surface area contributed by atoms with Crippen molar-refractivity contribution in [1.82, 2.24) is 30.2 Å². The van der Waals surface area contributed by atoms with Gasteiger partial charge in [-0.25, -0.2) is 29.3 Å². The van der Waals surface area contributed by atoms with Crippen molar-refractivity contribution in [3.8, 4) is 0 Å². The lowest BCUT2D eigenvalue weighted by Crippen LogP contribution is -2.46. The number of aromatic nitrogens is 4. The van der Waals surface area contributed by atoms with Gasteiger partial charge in [0.1, 0.15) is 41.3 Å². The number of ether oxygens (including phenoxy) is 4. The van der Waals surface area contributed by atoms with Crippen molar-refractivity contribution in [2.75, 3.05) is 12.3 Å². The van der Waals surface area contributed by atoms with Crippen molar-refractivity contribution in [3.63, 3.8) is 0 Å². The van der Waals surface area contributed by atoms with Gasteiger partial charge in [0.05, 0.1) is 19.0 Å². The number of amides is 2. The minimum Gasteiger partial charge on any atom is -0.480 e. The number of aliphatic hydroxyl groups is 1. The van der Waals surface area contributed by atoms with Crippen LogP contribution in [-0.2, 0) is 23.7 Å². The van der Waals surface area contributed by atoms with Gasteiger partial charge in [0, 0.05) is 6.04 Å². The molecule has 0 bridgehead atoms. The number of fused-ring (bicyclic) bond motifs is 1. The number of nitrogens with zero attached hydrogens (tertiary/aromatic N) is 4. The van der Waals surface area contributed by atoms with Gasteiger partial charge in [-0.3, -0.25) is 4.57 Å². The maximum Gasteiger partial charge on any atom is 0.408 e. The SMILES string of the molecule is C=CCO[C@@H]1[C@H](O)[C@@H](C[C@H](CC[C@H](NC(=O)OC(C)(C)C)C(=O)O)NC(=O)OC(C)(C)C)O[C@H]1n1cnc2c(N)ncnc21. The molecule has 1 fully saturated rings. The van der Waals surface area contributed by atoms with Gasteiger partial charge >= 0.3 is 18.2 Å². The van der Waals surface area contributed by atoms with Gasteiger partial charge in [-0.2, -0.15) is 0 Å². The highest BCUT2D eigenvalue weighted by Crippen LogP contribution is 2.36. The molecule has 2 amide bonds. The number of hydrogen-bond acceptors (Lipinski definition) is 12. The Labute approximate surface area is 255 Å². The van der Waals surface area contributed by atoms with E-state index in [1.807, 2.05) is 0 Å². The molecule has 1 saturated heterocycles. The second-order valence-corrected chi connectivity index (χ2v) is 12.4. The predicted octanol–water partition coefficient (Wildman–Crippen LogP) is 2.28. The number of imidazole rings is 1. The second-order valence-electron chi connectivity index (χ2n) is 12.4. The third kappa shape index (κ3) is 9.49. The minimum atomic E-state index is -1.32. The topological polar surface area (TPSA) is 222 Å². The summed E-state index contributed by atoms with van der Waals surface area (Å²) in [6.45, 7) is 13.9. The number of nitrogen functional groups attached to an aromatic ring is 1. The summed E-state index contributed by atoms with van der Waals surface area (Å²) in [6.07, 6.45) is -1.22. The van der Waals surface area contributed by atoms with Crippen molar-refractivity contribution in [1.29, 1.82) is 0 Å². The molecule has 0 spiro atoms. The Morgan fingerprint density at radius 3 is 2.32 bits per heavy atom. The second kappa shape index (κ2) is 14.2. The number of alkyl carbamates (subject to hydrolysis) is 2. The number of hydrogen-bond donors (Lipinski definition) is 5. The molecule has 6 N–H and O–H groups in total. The summed E-state index contributed by atoms with van der Waals surface area (Å²) in [6, 6.07) is -2.07. The third-order valence-electron chi connectivity index (χ3n) is 6.41. The molecule has 244 valence electrons. The highest BCUT2D eigenvalue weighted by Gasteiger charge is 2.47. The van der Waals surface area contributed by atoms with Crippen molar-refractivity contribution in [2.45, 2.75) is 109 Å². The van der Waals surface area contributed by atoms with Gasteiger partial charge in [-0.15, -0.1) is 6.58 Å². The highest BCUT2D eigenvalue weighted by atomic mass is 16.6. The van der Waals surface area contributed by atoms with Gasteiger partial charge in [0.25, 0.3) is 0 Å². The lowest BCUT2D eigenvalue weighted by atomic mass is 9.97. The van der Waals surface area contributed by atoms with Crippen LogP contribution in [0.2, 0.25) is 0 Å². The zero-order valence-electron chi connectivity index (χ0n) is 25.9. The molecule has 16 nitrogen and oxygen atoms in total. The van der Waals surface area contributed by atoms with E-state index in [9.17, 15) is 24.6 Å². The number of nitrogens with one attached hydrogen (secondary N) is 2. The van der Waals surface area contributed by atoms with E-state index >= 15 is 0 Å². The molecular formula is C28H43N7O9. The number of anilines is 1. The van der Waals surface area contributed by atoms with E-state index in [-0.39, 0.29) is 31.7 Å². The quantitative estimate of drug-likeness (QED) is 0.215. The maximum atomic E-state index is 12.8. The summed E-state index contributed by atoms with van der Waals surface area (Å²) in [5.41, 5.74) is 5.02. The predicted molar refractivity (Wildman–Crippen MR) is 157 cm³/mol. The summed E-state index contributed by atoms with van der Waals surface area (Å²) in [5.74, 6) is -1.11. The lowest BCUT2D eigenvalue weighted by molar-refractivity contribution is -0.139. The summed E-state index contributed by atoms with van der Waals surface area (Å²) in [7, 11) is 0. The first-order valence-electron chi connectivity index (χ1n) is 14.2. The van der Waals surface area contributed by atoms with E-state index in [4.69, 9.17) is 24.7 Å². The molecule has 1 aliphatic rings. The zero-order valence-corrected chi connectivity index (χ0v) is 25.9. The van der Waals surface area contributed by atoms with Crippen molar-refractivity contribution < 1.29 is 43.5 Å². The molecule has 1 aliphatic heterocycles. The van der Waals surface area contributed by atoms with Crippen LogP contribution >= 0.6 is 0 Å². The average Bonchev–Trinajstić information content (AvgIpc) is 3.44. The fourth-order valence-electron chi connectivity index (χ4n) is 4.63. The number of carboxylic acid groups (broad SMARTS) is 1. The molecule has 0 aliphatic carbocycles. The van der Waals surface area contributed by atoms with Gasteiger partial charge in [-0.1, -0.05) is 6.08 Å². The molecule has 2 aromatic rings. The summed E-state index contributed by atoms with van der Waals surface area (Å²) >= 11 is 0. The Kier molecular flexibility index (Phi) is 11.1. The van der Waals surface area contributed by atoms with Crippen molar-refractivity contribution in [3.05, 3.63) is 25.3 Å². The number of aliphatic hydroxyl groups excluding tert-OH is 1. The molecule has 0 aromatic carbocycles. The fourth-order valence-corrected chi connectivity index (χ4v) is 4.63. The van der Waals surface area contributed by atoms with Gasteiger partial charge in [0.15, 0.2) is 17.7 Å². The van der Waals surface area contributed by atoms with Crippen LogP contribution in [0.4, 0.5) is 15.4 Å². The molecule has 0 unspecified atom stereocenters. The Balaban J connectivity index is 1.83. The number of carbonyl (C=O) groups excluding carboxylic acids is 2. The van der Waals surface area contributed by atoms with Crippen molar-refractivity contribution in [2.24, 2.45) is 0 Å². The van der Waals surface area contributed by atoms with E-state index in [1.165, 1.54) is 18.7 Å². The van der Waals surface area contributed by atoms with E-state index in [2.05, 4.69) is 32.2 Å². The van der Waals surface area contributed by atoms with E-state index in [0.717, 1.165) is 0 Å². The first-order chi connectivity index (χ1) is 20.5. The maximum absolute atomic E-state index is 12.8. The van der Waals surface area contributed by atoms with Crippen LogP contribution in [0.3, 0.4) is 0 Å². The number of nitrogens with two attached hydrogens (primary N) is 1. The first-order valence-corrected chi connectivity index (χ1v) is 14.2. The Morgan fingerprint density at radius 2 is 1.73 bits per heavy atom. The van der Waals surface area contributed by atoms with E-state index in [0.29, 0.717) is 11.2 Å². The van der Waals surface area contributed by atoms with Gasteiger partial charge < -0.3 is 45.5 Å². The summed E-state index contributed by atoms with van der Waals surface area (Å²) in [4.78, 5) is 49.5. The van der Waals surface area contributed by atoms with Crippen LogP contribution in [0.1, 0.15) is 67.0 Å². The normalized spacial score (nSPS) is 21.8. The average molecular weight is 622 g/mol. The van der Waals surface area contributed by atoms with Crippen LogP contribution in [0.5, 0.6) is 0 Å². The number of rotatable bonds is 12. The molecule has 16 heteroatoms. The van der Waals surface area contributed by atoms with E-state index in [1.54, 1.807) is 46.1 Å².